The molecule has 2 aliphatic rings. The van der Waals surface area contributed by atoms with Crippen molar-refractivity contribution in [2.45, 2.75) is 13.0 Å². The van der Waals surface area contributed by atoms with E-state index in [0.29, 0.717) is 30.4 Å². The number of fused-ring (bicyclic) bond motifs is 3. The van der Waals surface area contributed by atoms with E-state index in [4.69, 9.17) is 9.47 Å². The van der Waals surface area contributed by atoms with Crippen LogP contribution in [0.2, 0.25) is 0 Å². The van der Waals surface area contributed by atoms with Gasteiger partial charge in [-0.25, -0.2) is 4.79 Å². The van der Waals surface area contributed by atoms with Crippen LogP contribution in [0.1, 0.15) is 6.92 Å². The zero-order chi connectivity index (χ0) is 14.8. The molecular formula is C14H15N3O4. The van der Waals surface area contributed by atoms with Crippen molar-refractivity contribution in [3.63, 3.8) is 0 Å². The van der Waals surface area contributed by atoms with E-state index in [-0.39, 0.29) is 18.1 Å². The lowest BCUT2D eigenvalue weighted by atomic mass is 10.2. The maximum atomic E-state index is 11.8. The van der Waals surface area contributed by atoms with E-state index < -0.39 is 5.97 Å². The molecule has 1 unspecified atom stereocenters. The van der Waals surface area contributed by atoms with E-state index in [2.05, 4.69) is 9.98 Å². The Balaban J connectivity index is 1.72. The summed E-state index contributed by atoms with van der Waals surface area (Å²) in [5.74, 6) is 0.934. The van der Waals surface area contributed by atoms with Crippen molar-refractivity contribution in [3.8, 4) is 0 Å². The lowest BCUT2D eigenvalue weighted by Crippen LogP contribution is -2.35. The summed E-state index contributed by atoms with van der Waals surface area (Å²) in [5.41, 5.74) is 0.271. The zero-order valence-corrected chi connectivity index (χ0v) is 11.5. The molecule has 1 N–H and O–H groups in total. The topological polar surface area (TPSA) is 84.0 Å². The van der Waals surface area contributed by atoms with Gasteiger partial charge in [0.05, 0.1) is 19.2 Å². The Labute approximate surface area is 120 Å². The summed E-state index contributed by atoms with van der Waals surface area (Å²) in [6.45, 7) is 2.44. The van der Waals surface area contributed by atoms with Crippen LogP contribution in [0.15, 0.2) is 33.9 Å². The van der Waals surface area contributed by atoms with Crippen molar-refractivity contribution < 1.29 is 14.3 Å². The molecule has 0 aliphatic carbocycles. The van der Waals surface area contributed by atoms with Crippen molar-refractivity contribution in [2.24, 2.45) is 4.99 Å². The van der Waals surface area contributed by atoms with Gasteiger partial charge in [-0.05, 0) is 13.0 Å². The molecule has 0 bridgehead atoms. The minimum Gasteiger partial charge on any atom is -0.485 e. The Kier molecular flexibility index (Phi) is 3.47. The van der Waals surface area contributed by atoms with Gasteiger partial charge in [0.25, 0.3) is 0 Å². The van der Waals surface area contributed by atoms with E-state index in [0.717, 1.165) is 0 Å². The number of hydrogen-bond acceptors (Lipinski definition) is 6. The van der Waals surface area contributed by atoms with Crippen LogP contribution in [0.3, 0.4) is 0 Å². The quantitative estimate of drug-likeness (QED) is 0.827. The second-order valence-corrected chi connectivity index (χ2v) is 4.66. The Hall–Kier alpha value is -2.57. The number of H-pyrrole nitrogens is 1. The zero-order valence-electron chi connectivity index (χ0n) is 11.5. The van der Waals surface area contributed by atoms with Gasteiger partial charge in [0.1, 0.15) is 11.6 Å². The smallest absolute Gasteiger partial charge is 0.344 e. The maximum absolute atomic E-state index is 11.8. The third-order valence-electron chi connectivity index (χ3n) is 3.28. The molecule has 0 aromatic carbocycles. The largest absolute Gasteiger partial charge is 0.485 e. The summed E-state index contributed by atoms with van der Waals surface area (Å²) in [5, 5.41) is 0. The number of nitrogens with one attached hydrogen (secondary N) is 1. The second-order valence-electron chi connectivity index (χ2n) is 4.66. The fourth-order valence-electron chi connectivity index (χ4n) is 2.36. The number of hydrogen-bond donors (Lipinski definition) is 1. The van der Waals surface area contributed by atoms with Crippen LogP contribution in [-0.2, 0) is 14.3 Å². The van der Waals surface area contributed by atoms with Crippen molar-refractivity contribution in [3.05, 3.63) is 34.3 Å². The van der Waals surface area contributed by atoms with Crippen molar-refractivity contribution in [1.29, 1.82) is 0 Å². The van der Waals surface area contributed by atoms with Crippen molar-refractivity contribution in [1.82, 2.24) is 4.98 Å². The van der Waals surface area contributed by atoms with Crippen LogP contribution in [0.25, 0.3) is 0 Å². The van der Waals surface area contributed by atoms with Gasteiger partial charge in [-0.15, -0.1) is 0 Å². The average molecular weight is 289 g/mol. The molecule has 1 atom stereocenters. The molecule has 0 amide bonds. The second kappa shape index (κ2) is 5.43. The standard InChI is InChI=1S/C14H15N3O4/c1-2-20-12(19)8-21-10-5-9-6-16-13-11(18)3-4-15-14(13)17(9)7-10/h3-6,9H,2,7-8H2,1H3,(H,15,18). The monoisotopic (exact) mass is 289 g/mol. The molecule has 110 valence electrons. The highest BCUT2D eigenvalue weighted by molar-refractivity contribution is 5.85. The number of carbonyl (C=O) groups is 1. The van der Waals surface area contributed by atoms with E-state index in [9.17, 15) is 9.59 Å². The third kappa shape index (κ3) is 2.54. The molecule has 0 spiro atoms. The summed E-state index contributed by atoms with van der Waals surface area (Å²) >= 11 is 0. The minimum absolute atomic E-state index is 0.0762. The molecule has 0 saturated carbocycles. The highest BCUT2D eigenvalue weighted by atomic mass is 16.6. The summed E-state index contributed by atoms with van der Waals surface area (Å²) in [7, 11) is 0. The van der Waals surface area contributed by atoms with Crippen molar-refractivity contribution in [2.75, 3.05) is 24.7 Å². The van der Waals surface area contributed by atoms with Gasteiger partial charge < -0.3 is 19.4 Å². The van der Waals surface area contributed by atoms with Crippen LogP contribution >= 0.6 is 0 Å². The van der Waals surface area contributed by atoms with Crippen LogP contribution in [0.5, 0.6) is 0 Å². The van der Waals surface area contributed by atoms with Gasteiger partial charge in [0.2, 0.25) is 5.43 Å². The number of nitrogens with zero attached hydrogens (tertiary/aromatic N) is 2. The number of ether oxygens (including phenoxy) is 2. The first-order valence-electron chi connectivity index (χ1n) is 6.70. The highest BCUT2D eigenvalue weighted by Gasteiger charge is 2.31. The lowest BCUT2D eigenvalue weighted by Gasteiger charge is -2.27. The first kappa shape index (κ1) is 13.4. The lowest BCUT2D eigenvalue weighted by molar-refractivity contribution is -0.147. The molecule has 2 aliphatic heterocycles. The fourth-order valence-corrected chi connectivity index (χ4v) is 2.36. The summed E-state index contributed by atoms with van der Waals surface area (Å²) in [4.78, 5) is 32.2. The normalized spacial score (nSPS) is 18.8. The molecule has 0 saturated heterocycles. The molecule has 7 nitrogen and oxygen atoms in total. The number of anilines is 1. The van der Waals surface area contributed by atoms with Gasteiger partial charge in [0.15, 0.2) is 12.3 Å². The van der Waals surface area contributed by atoms with Gasteiger partial charge in [0, 0.05) is 18.5 Å². The Bertz CT molecular complexity index is 677. The Morgan fingerprint density at radius 1 is 1.57 bits per heavy atom. The average Bonchev–Trinajstić information content (AvgIpc) is 2.89. The molecule has 1 aromatic rings. The van der Waals surface area contributed by atoms with Gasteiger partial charge >= 0.3 is 5.97 Å². The molecule has 21 heavy (non-hydrogen) atoms. The first-order chi connectivity index (χ1) is 10.2. The van der Waals surface area contributed by atoms with Crippen molar-refractivity contribution >= 4 is 23.7 Å². The Morgan fingerprint density at radius 3 is 3.24 bits per heavy atom. The number of aromatic nitrogens is 1. The SMILES string of the molecule is CCOC(=O)COC1=CC2C=Nc3c([nH]ccc3=O)N2C1. The van der Waals surface area contributed by atoms with E-state index in [1.54, 1.807) is 19.3 Å². The highest BCUT2D eigenvalue weighted by Crippen LogP contribution is 2.31. The van der Waals surface area contributed by atoms with Gasteiger partial charge in [-0.3, -0.25) is 9.79 Å². The van der Waals surface area contributed by atoms with Crippen LogP contribution < -0.4 is 10.3 Å². The first-order valence-corrected chi connectivity index (χ1v) is 6.70. The molecule has 0 fully saturated rings. The van der Waals surface area contributed by atoms with Crippen LogP contribution in [-0.4, -0.2) is 43.0 Å². The molecule has 0 radical (unpaired) electrons. The molecule has 7 heteroatoms. The maximum Gasteiger partial charge on any atom is 0.344 e. The molecule has 1 aromatic heterocycles. The van der Waals surface area contributed by atoms with Crippen LogP contribution in [0.4, 0.5) is 11.5 Å². The summed E-state index contributed by atoms with van der Waals surface area (Å²) in [6.07, 6.45) is 5.16. The number of esters is 1. The van der Waals surface area contributed by atoms with Crippen LogP contribution in [0, 0.1) is 0 Å². The minimum atomic E-state index is -0.397. The third-order valence-corrected chi connectivity index (χ3v) is 3.28. The molecule has 3 heterocycles. The van der Waals surface area contributed by atoms with E-state index >= 15 is 0 Å². The van der Waals surface area contributed by atoms with Gasteiger partial charge in [-0.2, -0.15) is 0 Å². The summed E-state index contributed by atoms with van der Waals surface area (Å²) < 4.78 is 10.3. The number of carbonyl (C=O) groups excluding carboxylic acids is 1. The Morgan fingerprint density at radius 2 is 2.43 bits per heavy atom. The van der Waals surface area contributed by atoms with E-state index in [1.165, 1.54) is 6.07 Å². The number of rotatable bonds is 4. The van der Waals surface area contributed by atoms with Gasteiger partial charge in [-0.1, -0.05) is 0 Å². The number of aliphatic imine (C=N–C) groups is 1. The number of pyridine rings is 1. The predicted molar refractivity (Wildman–Crippen MR) is 77.0 cm³/mol. The predicted octanol–water partition coefficient (Wildman–Crippen LogP) is 0.743. The molecular weight excluding hydrogens is 274 g/mol. The van der Waals surface area contributed by atoms with E-state index in [1.807, 2.05) is 11.0 Å². The molecule has 3 rings (SSSR count). The number of aromatic amines is 1. The fraction of sp³-hybridized carbons (Fsp3) is 0.357. The summed E-state index contributed by atoms with van der Waals surface area (Å²) in [6, 6.07) is 1.37.